The Morgan fingerprint density at radius 1 is 1.07 bits per heavy atom. The Labute approximate surface area is 159 Å². The summed E-state index contributed by atoms with van der Waals surface area (Å²) < 4.78 is 25.6. The van der Waals surface area contributed by atoms with E-state index in [0.29, 0.717) is 0 Å². The first kappa shape index (κ1) is 21.4. The van der Waals surface area contributed by atoms with Gasteiger partial charge in [0.15, 0.2) is 24.3 Å². The number of hydrogen-bond donors (Lipinski definition) is 2. The number of rotatable bonds is 6. The molecular weight excluding hydrogens is 378 g/mol. The highest BCUT2D eigenvalue weighted by Crippen LogP contribution is 2.26. The van der Waals surface area contributed by atoms with E-state index < -0.39 is 54.5 Å². The first-order valence-electron chi connectivity index (χ1n) is 8.34. The Bertz CT molecular complexity index is 716. The van der Waals surface area contributed by atoms with Crippen LogP contribution in [0.3, 0.4) is 0 Å². The average Bonchev–Trinajstić information content (AvgIpc) is 3.12. The van der Waals surface area contributed by atoms with Gasteiger partial charge in [-0.2, -0.15) is 0 Å². The molecule has 11 nitrogen and oxygen atoms in total. The van der Waals surface area contributed by atoms with Crippen molar-refractivity contribution in [2.75, 3.05) is 6.61 Å². The molecule has 1 saturated heterocycles. The summed E-state index contributed by atoms with van der Waals surface area (Å²) >= 11 is 0. The lowest BCUT2D eigenvalue weighted by atomic mass is 9.96. The van der Waals surface area contributed by atoms with Gasteiger partial charge in [0.2, 0.25) is 0 Å². The van der Waals surface area contributed by atoms with Gasteiger partial charge in [-0.05, 0) is 12.1 Å². The van der Waals surface area contributed by atoms with E-state index in [1.807, 2.05) is 0 Å². The summed E-state index contributed by atoms with van der Waals surface area (Å²) in [5.74, 6) is -2.88. The summed E-state index contributed by atoms with van der Waals surface area (Å²) in [6.45, 7) is 3.02. The second kappa shape index (κ2) is 9.33. The first-order chi connectivity index (χ1) is 13.2. The highest BCUT2D eigenvalue weighted by Gasteiger charge is 2.50. The van der Waals surface area contributed by atoms with E-state index in [-0.39, 0.29) is 12.4 Å². The van der Waals surface area contributed by atoms with Crippen LogP contribution in [0.2, 0.25) is 0 Å². The summed E-state index contributed by atoms with van der Waals surface area (Å²) in [5, 5.41) is 12.8. The Morgan fingerprint density at radius 2 is 1.71 bits per heavy atom. The van der Waals surface area contributed by atoms with Crippen molar-refractivity contribution in [2.45, 2.75) is 51.4 Å². The van der Waals surface area contributed by atoms with Gasteiger partial charge in [0.25, 0.3) is 5.91 Å². The van der Waals surface area contributed by atoms with Crippen molar-refractivity contribution in [3.63, 3.8) is 0 Å². The van der Waals surface area contributed by atoms with Crippen LogP contribution < -0.4 is 5.32 Å². The van der Waals surface area contributed by atoms with Crippen molar-refractivity contribution in [3.8, 4) is 0 Å². The molecule has 0 aliphatic carbocycles. The van der Waals surface area contributed by atoms with Gasteiger partial charge in [-0.1, -0.05) is 0 Å². The van der Waals surface area contributed by atoms with E-state index in [1.165, 1.54) is 18.4 Å². The Kier molecular flexibility index (Phi) is 7.12. The number of esters is 3. The SMILES string of the molecule is CC(=O)OC[C@H]1OC(O)[C@H](NC(=O)c2ccco2)[C@@H](OC(C)=O)[C@@H]1OC(C)=O. The van der Waals surface area contributed by atoms with Gasteiger partial charge in [-0.15, -0.1) is 0 Å². The second-order valence-corrected chi connectivity index (χ2v) is 5.99. The summed E-state index contributed by atoms with van der Waals surface area (Å²) in [5.41, 5.74) is 0. The van der Waals surface area contributed by atoms with E-state index in [0.717, 1.165) is 20.8 Å². The van der Waals surface area contributed by atoms with Gasteiger partial charge >= 0.3 is 17.9 Å². The minimum Gasteiger partial charge on any atom is -0.463 e. The third-order valence-corrected chi connectivity index (χ3v) is 3.76. The Balaban J connectivity index is 2.29. The van der Waals surface area contributed by atoms with Crippen LogP contribution in [0.15, 0.2) is 22.8 Å². The molecule has 1 unspecified atom stereocenters. The van der Waals surface area contributed by atoms with E-state index >= 15 is 0 Å². The van der Waals surface area contributed by atoms with E-state index in [9.17, 15) is 24.3 Å². The van der Waals surface area contributed by atoms with Crippen molar-refractivity contribution < 1.29 is 47.6 Å². The Morgan fingerprint density at radius 3 is 2.25 bits per heavy atom. The average molecular weight is 399 g/mol. The number of amides is 1. The van der Waals surface area contributed by atoms with Crippen molar-refractivity contribution in [1.29, 1.82) is 0 Å². The predicted octanol–water partition coefficient (Wildman–Crippen LogP) is -0.478. The van der Waals surface area contributed by atoms with Crippen LogP contribution in [-0.2, 0) is 33.3 Å². The van der Waals surface area contributed by atoms with E-state index in [2.05, 4.69) is 5.32 Å². The van der Waals surface area contributed by atoms with Crippen molar-refractivity contribution in [3.05, 3.63) is 24.2 Å². The maximum Gasteiger partial charge on any atom is 0.303 e. The third-order valence-electron chi connectivity index (χ3n) is 3.76. The largest absolute Gasteiger partial charge is 0.463 e. The molecule has 2 heterocycles. The molecule has 1 aromatic rings. The molecule has 1 aliphatic rings. The van der Waals surface area contributed by atoms with Crippen LogP contribution in [0.1, 0.15) is 31.3 Å². The standard InChI is InChI=1S/C17H21NO10/c1-8(19)25-7-12-14(26-9(2)20)15(27-10(3)21)13(17(23)28-12)18-16(22)11-5-4-6-24-11/h4-6,12-15,17,23H,7H2,1-3H3,(H,18,22)/t12-,13-,14-,15-,17?/m1/s1. The summed E-state index contributed by atoms with van der Waals surface area (Å²) in [6, 6.07) is 1.59. The molecule has 5 atom stereocenters. The number of aliphatic hydroxyl groups excluding tert-OH is 1. The number of nitrogens with one attached hydrogen (secondary N) is 1. The molecule has 0 saturated carbocycles. The predicted molar refractivity (Wildman–Crippen MR) is 88.6 cm³/mol. The zero-order valence-corrected chi connectivity index (χ0v) is 15.4. The summed E-state index contributed by atoms with van der Waals surface area (Å²) in [4.78, 5) is 46.5. The van der Waals surface area contributed by atoms with Gasteiger partial charge < -0.3 is 33.8 Å². The van der Waals surface area contributed by atoms with Crippen molar-refractivity contribution in [2.24, 2.45) is 0 Å². The molecule has 0 aromatic carbocycles. The monoisotopic (exact) mass is 399 g/mol. The molecule has 1 aliphatic heterocycles. The smallest absolute Gasteiger partial charge is 0.303 e. The molecule has 0 radical (unpaired) electrons. The molecule has 1 fully saturated rings. The zero-order chi connectivity index (χ0) is 20.8. The topological polar surface area (TPSA) is 151 Å². The fraction of sp³-hybridized carbons (Fsp3) is 0.529. The molecule has 11 heteroatoms. The van der Waals surface area contributed by atoms with Crippen LogP contribution in [0, 0.1) is 0 Å². The van der Waals surface area contributed by atoms with Gasteiger partial charge in [-0.25, -0.2) is 0 Å². The van der Waals surface area contributed by atoms with Crippen LogP contribution in [0.5, 0.6) is 0 Å². The summed E-state index contributed by atoms with van der Waals surface area (Å²) in [7, 11) is 0. The number of aliphatic hydroxyl groups is 1. The zero-order valence-electron chi connectivity index (χ0n) is 15.4. The van der Waals surface area contributed by atoms with Crippen LogP contribution in [0.25, 0.3) is 0 Å². The molecule has 2 N–H and O–H groups in total. The van der Waals surface area contributed by atoms with Crippen LogP contribution in [-0.4, -0.2) is 66.2 Å². The van der Waals surface area contributed by atoms with Gasteiger partial charge in [0.1, 0.15) is 18.8 Å². The quantitative estimate of drug-likeness (QED) is 0.474. The van der Waals surface area contributed by atoms with Crippen LogP contribution >= 0.6 is 0 Å². The second-order valence-electron chi connectivity index (χ2n) is 5.99. The van der Waals surface area contributed by atoms with Crippen LogP contribution in [0.4, 0.5) is 0 Å². The van der Waals surface area contributed by atoms with E-state index in [4.69, 9.17) is 23.4 Å². The fourth-order valence-electron chi connectivity index (χ4n) is 2.70. The minimum absolute atomic E-state index is 0.0557. The molecule has 154 valence electrons. The molecule has 2 rings (SSSR count). The molecule has 0 bridgehead atoms. The molecular formula is C17H21NO10. The molecule has 1 aromatic heterocycles. The minimum atomic E-state index is -1.66. The normalized spacial score (nSPS) is 26.8. The maximum absolute atomic E-state index is 12.3. The lowest BCUT2D eigenvalue weighted by molar-refractivity contribution is -0.263. The Hall–Kier alpha value is -2.92. The molecule has 0 spiro atoms. The highest BCUT2D eigenvalue weighted by molar-refractivity contribution is 5.91. The van der Waals surface area contributed by atoms with Crippen molar-refractivity contribution in [1.82, 2.24) is 5.32 Å². The maximum atomic E-state index is 12.3. The fourth-order valence-corrected chi connectivity index (χ4v) is 2.70. The number of carbonyl (C=O) groups is 4. The molecule has 1 amide bonds. The van der Waals surface area contributed by atoms with Gasteiger partial charge in [0.05, 0.1) is 6.26 Å². The lowest BCUT2D eigenvalue weighted by Crippen LogP contribution is -2.66. The van der Waals surface area contributed by atoms with Gasteiger partial charge in [0, 0.05) is 20.8 Å². The number of ether oxygens (including phenoxy) is 4. The number of carbonyl (C=O) groups excluding carboxylic acids is 4. The number of furan rings is 1. The molecule has 28 heavy (non-hydrogen) atoms. The van der Waals surface area contributed by atoms with E-state index in [1.54, 1.807) is 0 Å². The van der Waals surface area contributed by atoms with Crippen molar-refractivity contribution >= 4 is 23.8 Å². The first-order valence-corrected chi connectivity index (χ1v) is 8.34. The lowest BCUT2D eigenvalue weighted by Gasteiger charge is -2.43. The van der Waals surface area contributed by atoms with Gasteiger partial charge in [-0.3, -0.25) is 19.2 Å². The highest BCUT2D eigenvalue weighted by atomic mass is 16.7. The summed E-state index contributed by atoms with van der Waals surface area (Å²) in [6.07, 6.45) is -4.08. The third kappa shape index (κ3) is 5.54. The number of hydrogen-bond acceptors (Lipinski definition) is 10.